The van der Waals surface area contributed by atoms with Crippen molar-refractivity contribution in [2.75, 3.05) is 5.75 Å². The topological polar surface area (TPSA) is 63.7 Å². The van der Waals surface area contributed by atoms with E-state index >= 15 is 0 Å². The van der Waals surface area contributed by atoms with Crippen molar-refractivity contribution >= 4 is 27.6 Å². The van der Waals surface area contributed by atoms with Gasteiger partial charge in [0.05, 0.1) is 5.75 Å². The first-order valence-corrected chi connectivity index (χ1v) is 10.2. The fraction of sp³-hybridized carbons (Fsp3) is 0.316. The Morgan fingerprint density at radius 2 is 1.81 bits per heavy atom. The Morgan fingerprint density at radius 1 is 1.15 bits per heavy atom. The number of hydrogen-bond donors (Lipinski definition) is 0. The molecule has 5 nitrogen and oxygen atoms in total. The fourth-order valence-corrected chi connectivity index (χ4v) is 2.99. The van der Waals surface area contributed by atoms with Crippen molar-refractivity contribution < 1.29 is 17.4 Å². The first-order valence-electron chi connectivity index (χ1n) is 8.29. The molecule has 0 unspecified atom stereocenters. The molecule has 2 aromatic carbocycles. The van der Waals surface area contributed by atoms with Crippen LogP contribution >= 0.6 is 11.6 Å². The number of halogens is 1. The van der Waals surface area contributed by atoms with E-state index in [0.29, 0.717) is 17.1 Å². The molecule has 0 aliphatic rings. The molecule has 2 rings (SSSR count). The predicted molar refractivity (Wildman–Crippen MR) is 103 cm³/mol. The first-order chi connectivity index (χ1) is 12.2. The van der Waals surface area contributed by atoms with Crippen LogP contribution in [0.3, 0.4) is 0 Å². The Kier molecular flexibility index (Phi) is 6.67. The molecule has 0 bridgehead atoms. The zero-order chi connectivity index (χ0) is 19.3. The predicted octanol–water partition coefficient (Wildman–Crippen LogP) is 4.12. The first kappa shape index (κ1) is 20.3. The number of carbonyl (C=O) groups is 1. The smallest absolute Gasteiger partial charge is 0.308 e. The monoisotopic (exact) mass is 395 g/mol. The summed E-state index contributed by atoms with van der Waals surface area (Å²) in [4.78, 5) is 14.5. The van der Waals surface area contributed by atoms with Crippen LogP contribution in [0, 0.1) is 0 Å². The van der Waals surface area contributed by atoms with E-state index in [4.69, 9.17) is 15.8 Å². The molecule has 0 aromatic heterocycles. The second kappa shape index (κ2) is 8.56. The highest BCUT2D eigenvalue weighted by molar-refractivity contribution is 7.87. The van der Waals surface area contributed by atoms with Crippen LogP contribution in [0.4, 0.5) is 0 Å². The SMILES string of the molecule is CCS(=O)(=O)Oc1cccc(CN(C(=O)c2ccc(Cl)cc2)C(C)C)c1. The van der Waals surface area contributed by atoms with Gasteiger partial charge in [-0.05, 0) is 62.7 Å². The van der Waals surface area contributed by atoms with Crippen LogP contribution in [0.15, 0.2) is 48.5 Å². The summed E-state index contributed by atoms with van der Waals surface area (Å²) in [7, 11) is -3.59. The minimum absolute atomic E-state index is 0.0397. The van der Waals surface area contributed by atoms with Crippen molar-refractivity contribution in [3.8, 4) is 5.75 Å². The van der Waals surface area contributed by atoms with Gasteiger partial charge in [-0.25, -0.2) is 0 Å². The maximum absolute atomic E-state index is 12.8. The van der Waals surface area contributed by atoms with Crippen LogP contribution in [0.25, 0.3) is 0 Å². The lowest BCUT2D eigenvalue weighted by atomic mass is 10.1. The average molecular weight is 396 g/mol. The van der Waals surface area contributed by atoms with Crippen molar-refractivity contribution in [2.45, 2.75) is 33.4 Å². The summed E-state index contributed by atoms with van der Waals surface area (Å²) in [5.41, 5.74) is 1.33. The second-order valence-corrected chi connectivity index (χ2v) is 8.41. The van der Waals surface area contributed by atoms with E-state index in [9.17, 15) is 13.2 Å². The van der Waals surface area contributed by atoms with Gasteiger partial charge in [0.15, 0.2) is 0 Å². The molecule has 0 N–H and O–H groups in total. The van der Waals surface area contributed by atoms with Gasteiger partial charge in [0, 0.05) is 23.2 Å². The zero-order valence-electron chi connectivity index (χ0n) is 15.0. The van der Waals surface area contributed by atoms with Crippen LogP contribution in [0.2, 0.25) is 5.02 Å². The highest BCUT2D eigenvalue weighted by atomic mass is 35.5. The number of nitrogens with zero attached hydrogens (tertiary/aromatic N) is 1. The molecule has 0 spiro atoms. The highest BCUT2D eigenvalue weighted by Gasteiger charge is 2.19. The van der Waals surface area contributed by atoms with E-state index in [-0.39, 0.29) is 23.5 Å². The third-order valence-corrected chi connectivity index (χ3v) is 5.21. The quantitative estimate of drug-likeness (QED) is 0.661. The summed E-state index contributed by atoms with van der Waals surface area (Å²) in [6.45, 7) is 5.71. The van der Waals surface area contributed by atoms with Crippen LogP contribution in [0.1, 0.15) is 36.7 Å². The van der Waals surface area contributed by atoms with Crippen molar-refractivity contribution in [2.24, 2.45) is 0 Å². The summed E-state index contributed by atoms with van der Waals surface area (Å²) in [5.74, 6) is 0.0147. The number of rotatable bonds is 7. The molecule has 0 atom stereocenters. The van der Waals surface area contributed by atoms with Crippen LogP contribution in [0.5, 0.6) is 5.75 Å². The number of benzene rings is 2. The Labute approximate surface area is 159 Å². The Hall–Kier alpha value is -2.05. The van der Waals surface area contributed by atoms with E-state index < -0.39 is 10.1 Å². The standard InChI is InChI=1S/C19H22ClNO4S/c1-4-26(23,24)25-18-7-5-6-15(12-18)13-21(14(2)3)19(22)16-8-10-17(20)11-9-16/h5-12,14H,4,13H2,1-3H3. The zero-order valence-corrected chi connectivity index (χ0v) is 16.5. The van der Waals surface area contributed by atoms with Crippen LogP contribution in [-0.4, -0.2) is 31.0 Å². The third kappa shape index (κ3) is 5.47. The van der Waals surface area contributed by atoms with Crippen LogP contribution < -0.4 is 4.18 Å². The normalized spacial score (nSPS) is 11.4. The van der Waals surface area contributed by atoms with E-state index in [2.05, 4.69) is 0 Å². The van der Waals surface area contributed by atoms with Crippen molar-refractivity contribution in [1.29, 1.82) is 0 Å². The van der Waals surface area contributed by atoms with Gasteiger partial charge in [0.1, 0.15) is 5.75 Å². The molecule has 0 radical (unpaired) electrons. The fourth-order valence-electron chi connectivity index (χ4n) is 2.35. The maximum Gasteiger partial charge on any atom is 0.308 e. The molecule has 0 saturated heterocycles. The number of hydrogen-bond acceptors (Lipinski definition) is 4. The molecule has 140 valence electrons. The minimum Gasteiger partial charge on any atom is -0.382 e. The Morgan fingerprint density at radius 3 is 2.38 bits per heavy atom. The summed E-state index contributed by atoms with van der Waals surface area (Å²) in [6.07, 6.45) is 0. The summed E-state index contributed by atoms with van der Waals surface area (Å²) in [5, 5.41) is 0.569. The van der Waals surface area contributed by atoms with Crippen molar-refractivity contribution in [3.05, 3.63) is 64.7 Å². The molecular weight excluding hydrogens is 374 g/mol. The van der Waals surface area contributed by atoms with Gasteiger partial charge < -0.3 is 9.08 Å². The van der Waals surface area contributed by atoms with Gasteiger partial charge in [0.2, 0.25) is 0 Å². The minimum atomic E-state index is -3.59. The lowest BCUT2D eigenvalue weighted by molar-refractivity contribution is 0.0690. The Bertz CT molecular complexity index is 863. The molecule has 2 aromatic rings. The molecule has 7 heteroatoms. The van der Waals surface area contributed by atoms with Gasteiger partial charge in [-0.15, -0.1) is 0 Å². The van der Waals surface area contributed by atoms with Crippen molar-refractivity contribution in [3.63, 3.8) is 0 Å². The molecule has 0 saturated carbocycles. The highest BCUT2D eigenvalue weighted by Crippen LogP contribution is 2.20. The van der Waals surface area contributed by atoms with Crippen LogP contribution in [-0.2, 0) is 16.7 Å². The molecule has 1 amide bonds. The number of carbonyl (C=O) groups excluding carboxylic acids is 1. The van der Waals surface area contributed by atoms with E-state index in [1.165, 1.54) is 6.92 Å². The van der Waals surface area contributed by atoms with E-state index in [1.54, 1.807) is 47.4 Å². The molecule has 0 fully saturated rings. The summed E-state index contributed by atoms with van der Waals surface area (Å²) < 4.78 is 28.3. The Balaban J connectivity index is 2.22. The van der Waals surface area contributed by atoms with E-state index in [0.717, 1.165) is 5.56 Å². The van der Waals surface area contributed by atoms with Gasteiger partial charge in [-0.1, -0.05) is 23.7 Å². The molecule has 26 heavy (non-hydrogen) atoms. The molecule has 0 aliphatic heterocycles. The third-order valence-electron chi connectivity index (χ3n) is 3.80. The van der Waals surface area contributed by atoms with Gasteiger partial charge in [0.25, 0.3) is 5.91 Å². The second-order valence-electron chi connectivity index (χ2n) is 6.11. The average Bonchev–Trinajstić information content (AvgIpc) is 2.59. The van der Waals surface area contributed by atoms with E-state index in [1.807, 2.05) is 19.9 Å². The van der Waals surface area contributed by atoms with Gasteiger partial charge in [-0.2, -0.15) is 8.42 Å². The molecule has 0 aliphatic carbocycles. The largest absolute Gasteiger partial charge is 0.382 e. The van der Waals surface area contributed by atoms with Gasteiger partial charge >= 0.3 is 10.1 Å². The lowest BCUT2D eigenvalue weighted by Gasteiger charge is -2.27. The van der Waals surface area contributed by atoms with Gasteiger partial charge in [-0.3, -0.25) is 4.79 Å². The molecule has 0 heterocycles. The summed E-state index contributed by atoms with van der Waals surface area (Å²) in [6, 6.07) is 13.4. The maximum atomic E-state index is 12.8. The number of amides is 1. The lowest BCUT2D eigenvalue weighted by Crippen LogP contribution is -2.36. The van der Waals surface area contributed by atoms with Crippen molar-refractivity contribution in [1.82, 2.24) is 4.90 Å². The summed E-state index contributed by atoms with van der Waals surface area (Å²) >= 11 is 5.88. The molecular formula is C19H22ClNO4S.